The molecule has 1 atom stereocenters. The van der Waals surface area contributed by atoms with Gasteiger partial charge < -0.3 is 10.5 Å². The Morgan fingerprint density at radius 3 is 2.31 bits per heavy atom. The van der Waals surface area contributed by atoms with Crippen molar-refractivity contribution in [2.75, 3.05) is 7.05 Å². The van der Waals surface area contributed by atoms with Gasteiger partial charge in [-0.15, -0.1) is 0 Å². The molecule has 1 aliphatic heterocycles. The van der Waals surface area contributed by atoms with Crippen LogP contribution in [0.4, 0.5) is 4.39 Å². The van der Waals surface area contributed by atoms with Gasteiger partial charge in [0.2, 0.25) is 5.91 Å². The van der Waals surface area contributed by atoms with Crippen molar-refractivity contribution in [3.8, 4) is 33.8 Å². The maximum Gasteiger partial charge on any atom is 0.241 e. The molecular weight excluding hydrogens is 477 g/mol. The van der Waals surface area contributed by atoms with E-state index in [-0.39, 0.29) is 5.75 Å². The summed E-state index contributed by atoms with van der Waals surface area (Å²) in [6.45, 7) is 1.98. The summed E-state index contributed by atoms with van der Waals surface area (Å²) in [7, 11) is 1.43. The van der Waals surface area contributed by atoms with Gasteiger partial charge in [-0.05, 0) is 65.6 Å². The summed E-state index contributed by atoms with van der Waals surface area (Å²) in [5.41, 5.74) is 10.8. The maximum absolute atomic E-state index is 15.4. The van der Waals surface area contributed by atoms with Gasteiger partial charge in [-0.2, -0.15) is 0 Å². The second-order valence-corrected chi connectivity index (χ2v) is 9.26. The van der Waals surface area contributed by atoms with Crippen molar-refractivity contribution in [1.82, 2.24) is 4.90 Å². The first-order valence-electron chi connectivity index (χ1n) is 11.3. The Kier molecular flexibility index (Phi) is 5.98. The number of nitrogens with two attached hydrogens (primary N) is 1. The Morgan fingerprint density at radius 2 is 1.61 bits per heavy atom. The van der Waals surface area contributed by atoms with Crippen molar-refractivity contribution in [3.63, 3.8) is 0 Å². The van der Waals surface area contributed by atoms with Crippen LogP contribution in [0.2, 0.25) is 5.02 Å². The Bertz CT molecular complexity index is 1520. The van der Waals surface area contributed by atoms with Crippen LogP contribution in [0.1, 0.15) is 22.6 Å². The number of fused-ring (bicyclic) bond motifs is 2. The molecule has 180 valence electrons. The molecule has 1 aliphatic rings. The first kappa shape index (κ1) is 23.6. The summed E-state index contributed by atoms with van der Waals surface area (Å²) in [6.07, 6.45) is 0. The summed E-state index contributed by atoms with van der Waals surface area (Å²) >= 11 is 6.20. The first-order chi connectivity index (χ1) is 17.2. The zero-order valence-corrected chi connectivity index (χ0v) is 20.4. The second-order valence-electron chi connectivity index (χ2n) is 8.82. The quantitative estimate of drug-likeness (QED) is 0.243. The van der Waals surface area contributed by atoms with Crippen molar-refractivity contribution in [2.45, 2.75) is 12.8 Å². The third kappa shape index (κ3) is 4.20. The monoisotopic (exact) mass is 499 g/mol. The number of nitrogens with zero attached hydrogens (tertiary/aromatic N) is 1. The SMILES string of the molecule is Cc1ccc(-c2cc(F)c3c(c2)[C@H](C(=O)N(C)C(=N)N)c2cc(-c4cccc(Cl)c4)ccc2O3)cc1. The summed E-state index contributed by atoms with van der Waals surface area (Å²) in [4.78, 5) is 14.7. The van der Waals surface area contributed by atoms with E-state index in [0.29, 0.717) is 27.5 Å². The molecule has 7 heteroatoms. The van der Waals surface area contributed by atoms with E-state index < -0.39 is 23.6 Å². The maximum atomic E-state index is 15.4. The fraction of sp³-hybridized carbons (Fsp3) is 0.103. The number of guanidine groups is 1. The van der Waals surface area contributed by atoms with E-state index in [0.717, 1.165) is 27.2 Å². The van der Waals surface area contributed by atoms with E-state index in [1.165, 1.54) is 13.1 Å². The number of aryl methyl sites for hydroxylation is 1. The topological polar surface area (TPSA) is 79.4 Å². The number of ether oxygens (including phenoxy) is 1. The highest BCUT2D eigenvalue weighted by Gasteiger charge is 2.37. The number of rotatable bonds is 3. The van der Waals surface area contributed by atoms with Gasteiger partial charge in [0.25, 0.3) is 0 Å². The van der Waals surface area contributed by atoms with Crippen molar-refractivity contribution in [2.24, 2.45) is 5.73 Å². The van der Waals surface area contributed by atoms with Gasteiger partial charge in [0.05, 0.1) is 5.92 Å². The molecule has 0 saturated carbocycles. The molecule has 0 bridgehead atoms. The molecule has 0 fully saturated rings. The van der Waals surface area contributed by atoms with Crippen LogP contribution in [0, 0.1) is 18.2 Å². The smallest absolute Gasteiger partial charge is 0.241 e. The molecule has 0 unspecified atom stereocenters. The number of hydrogen-bond acceptors (Lipinski definition) is 3. The average molecular weight is 500 g/mol. The molecule has 5 nitrogen and oxygen atoms in total. The lowest BCUT2D eigenvalue weighted by atomic mass is 9.83. The Morgan fingerprint density at radius 1 is 0.944 bits per heavy atom. The van der Waals surface area contributed by atoms with Gasteiger partial charge in [-0.1, -0.05) is 59.6 Å². The number of hydrogen-bond donors (Lipinski definition) is 2. The van der Waals surface area contributed by atoms with Gasteiger partial charge in [-0.3, -0.25) is 15.1 Å². The molecule has 0 aliphatic carbocycles. The van der Waals surface area contributed by atoms with Crippen LogP contribution in [-0.4, -0.2) is 23.8 Å². The molecule has 0 radical (unpaired) electrons. The van der Waals surface area contributed by atoms with Crippen LogP contribution in [0.5, 0.6) is 11.5 Å². The molecule has 0 saturated heterocycles. The number of carbonyl (C=O) groups excluding carboxylic acids is 1. The minimum atomic E-state index is -0.934. The number of likely N-dealkylation sites (N-methyl/N-ethyl adjacent to an activating group) is 1. The third-order valence-electron chi connectivity index (χ3n) is 6.40. The Hall–Kier alpha value is -4.16. The van der Waals surface area contributed by atoms with Gasteiger partial charge in [-0.25, -0.2) is 4.39 Å². The number of carbonyl (C=O) groups is 1. The summed E-state index contributed by atoms with van der Waals surface area (Å²) < 4.78 is 21.4. The van der Waals surface area contributed by atoms with Crippen LogP contribution in [0.25, 0.3) is 22.3 Å². The summed E-state index contributed by atoms with van der Waals surface area (Å²) in [5, 5.41) is 8.40. The van der Waals surface area contributed by atoms with Crippen LogP contribution in [0.3, 0.4) is 0 Å². The van der Waals surface area contributed by atoms with Gasteiger partial charge in [0.15, 0.2) is 17.5 Å². The molecule has 1 amide bonds. The largest absolute Gasteiger partial charge is 0.454 e. The number of nitrogens with one attached hydrogen (secondary N) is 1. The van der Waals surface area contributed by atoms with Crippen LogP contribution in [0.15, 0.2) is 78.9 Å². The van der Waals surface area contributed by atoms with E-state index in [2.05, 4.69) is 0 Å². The second kappa shape index (κ2) is 9.13. The van der Waals surface area contributed by atoms with Crippen molar-refractivity contribution >= 4 is 23.5 Å². The predicted molar refractivity (Wildman–Crippen MR) is 140 cm³/mol. The third-order valence-corrected chi connectivity index (χ3v) is 6.63. The average Bonchev–Trinajstić information content (AvgIpc) is 2.86. The zero-order chi connectivity index (χ0) is 25.6. The van der Waals surface area contributed by atoms with Crippen LogP contribution < -0.4 is 10.5 Å². The zero-order valence-electron chi connectivity index (χ0n) is 19.7. The van der Waals surface area contributed by atoms with Gasteiger partial charge in [0, 0.05) is 23.2 Å². The molecule has 5 rings (SSSR count). The highest BCUT2D eigenvalue weighted by Crippen LogP contribution is 2.48. The molecule has 3 N–H and O–H groups in total. The first-order valence-corrected chi connectivity index (χ1v) is 11.7. The lowest BCUT2D eigenvalue weighted by Crippen LogP contribution is -2.41. The number of halogens is 2. The standard InChI is InChI=1S/C29H23ClFN3O2/c1-16-6-8-17(9-7-16)20-14-23-26(28(35)34(2)29(32)33)22-13-19(18-4-3-5-21(30)12-18)10-11-25(22)36-27(23)24(31)15-20/h3-15,26H,1-2H3,(H3,32,33)/t26-/m1/s1. The molecular formula is C29H23ClFN3O2. The van der Waals surface area contributed by atoms with E-state index in [4.69, 9.17) is 27.5 Å². The number of benzene rings is 4. The number of amides is 1. The fourth-order valence-electron chi connectivity index (χ4n) is 4.42. The Balaban J connectivity index is 1.71. The highest BCUT2D eigenvalue weighted by atomic mass is 35.5. The van der Waals surface area contributed by atoms with E-state index in [1.807, 2.05) is 61.5 Å². The van der Waals surface area contributed by atoms with Gasteiger partial charge >= 0.3 is 0 Å². The minimum absolute atomic E-state index is 0.0100. The van der Waals surface area contributed by atoms with Crippen LogP contribution >= 0.6 is 11.6 Å². The molecule has 4 aromatic rings. The summed E-state index contributed by atoms with van der Waals surface area (Å²) in [6, 6.07) is 23.7. The Labute approximate surface area is 213 Å². The van der Waals surface area contributed by atoms with E-state index in [9.17, 15) is 4.79 Å². The van der Waals surface area contributed by atoms with Crippen molar-refractivity contribution in [1.29, 1.82) is 5.41 Å². The molecule has 36 heavy (non-hydrogen) atoms. The molecule has 0 spiro atoms. The lowest BCUT2D eigenvalue weighted by molar-refractivity contribution is -0.127. The van der Waals surface area contributed by atoms with Crippen molar-refractivity contribution in [3.05, 3.63) is 106 Å². The molecule has 0 aromatic heterocycles. The van der Waals surface area contributed by atoms with E-state index >= 15 is 4.39 Å². The molecule has 1 heterocycles. The highest BCUT2D eigenvalue weighted by molar-refractivity contribution is 6.30. The van der Waals surface area contributed by atoms with Gasteiger partial charge in [0.1, 0.15) is 5.75 Å². The van der Waals surface area contributed by atoms with E-state index in [1.54, 1.807) is 18.2 Å². The van der Waals surface area contributed by atoms with Crippen LogP contribution in [-0.2, 0) is 4.79 Å². The molecule has 4 aromatic carbocycles. The summed E-state index contributed by atoms with van der Waals surface area (Å²) in [5.74, 6) is -2.02. The van der Waals surface area contributed by atoms with Crippen molar-refractivity contribution < 1.29 is 13.9 Å². The fourth-order valence-corrected chi connectivity index (χ4v) is 4.61. The lowest BCUT2D eigenvalue weighted by Gasteiger charge is -2.31. The predicted octanol–water partition coefficient (Wildman–Crippen LogP) is 6.71. The normalized spacial score (nSPS) is 13.8. The minimum Gasteiger partial charge on any atom is -0.454 e.